The molecule has 5 aromatic rings. The van der Waals surface area contributed by atoms with E-state index in [1.165, 1.54) is 0 Å². The maximum absolute atomic E-state index is 13.4. The molecule has 5 rings (SSSR count). The molecule has 0 spiro atoms. The van der Waals surface area contributed by atoms with E-state index in [-0.39, 0.29) is 6.61 Å². The Morgan fingerprint density at radius 3 is 1.44 bits per heavy atom. The number of ether oxygens (including phenoxy) is 3. The molecule has 0 aliphatic heterocycles. The van der Waals surface area contributed by atoms with Crippen molar-refractivity contribution in [2.24, 2.45) is 0 Å². The Morgan fingerprint density at radius 1 is 0.487 bits per heavy atom. The molecular weight excluding hydrogens is 484 g/mol. The minimum Gasteiger partial charge on any atom is -0.489 e. The molecule has 0 amide bonds. The van der Waals surface area contributed by atoms with Gasteiger partial charge in [0, 0.05) is 12.0 Å². The summed E-state index contributed by atoms with van der Waals surface area (Å²) in [6.07, 6.45) is 0.631. The van der Waals surface area contributed by atoms with Gasteiger partial charge in [-0.3, -0.25) is 0 Å². The summed E-state index contributed by atoms with van der Waals surface area (Å²) in [7, 11) is 0. The van der Waals surface area contributed by atoms with Crippen molar-refractivity contribution in [2.45, 2.75) is 26.2 Å². The van der Waals surface area contributed by atoms with Crippen molar-refractivity contribution in [2.75, 3.05) is 0 Å². The van der Waals surface area contributed by atoms with Gasteiger partial charge in [-0.1, -0.05) is 121 Å². The van der Waals surface area contributed by atoms with Gasteiger partial charge in [-0.15, -0.1) is 0 Å². The van der Waals surface area contributed by atoms with E-state index in [4.69, 9.17) is 14.2 Å². The topological polar surface area (TPSA) is 44.8 Å². The van der Waals surface area contributed by atoms with Gasteiger partial charge in [0.05, 0.1) is 0 Å². The third-order valence-electron chi connectivity index (χ3n) is 6.31. The normalized spacial score (nSPS) is 10.6. The molecule has 0 heterocycles. The molecule has 0 saturated carbocycles. The van der Waals surface area contributed by atoms with E-state index in [1.54, 1.807) is 6.07 Å². The maximum atomic E-state index is 13.4. The summed E-state index contributed by atoms with van der Waals surface area (Å²) in [5, 5.41) is 0. The lowest BCUT2D eigenvalue weighted by molar-refractivity contribution is 0.0467. The second-order valence-electron chi connectivity index (χ2n) is 9.23. The summed E-state index contributed by atoms with van der Waals surface area (Å²) < 4.78 is 18.2. The van der Waals surface area contributed by atoms with Crippen LogP contribution in [0.5, 0.6) is 11.5 Å². The molecule has 0 saturated heterocycles. The SMILES string of the molecule is O=C(OCc1ccccc1)c1cc(OCc2ccccc2)c(Cc2ccccc2)cc1OCc1ccccc1. The van der Waals surface area contributed by atoms with Crippen LogP contribution in [-0.4, -0.2) is 5.97 Å². The fourth-order valence-electron chi connectivity index (χ4n) is 4.24. The third-order valence-corrected chi connectivity index (χ3v) is 6.31. The molecule has 4 heteroatoms. The molecule has 0 unspecified atom stereocenters. The summed E-state index contributed by atoms with van der Waals surface area (Å²) in [4.78, 5) is 13.4. The fourth-order valence-corrected chi connectivity index (χ4v) is 4.24. The molecule has 0 aliphatic rings. The van der Waals surface area contributed by atoms with Crippen LogP contribution in [0.2, 0.25) is 0 Å². The number of benzene rings is 5. The summed E-state index contributed by atoms with van der Waals surface area (Å²) in [6.45, 7) is 0.879. The van der Waals surface area contributed by atoms with Crippen LogP contribution in [0.15, 0.2) is 133 Å². The zero-order valence-corrected chi connectivity index (χ0v) is 21.7. The summed E-state index contributed by atoms with van der Waals surface area (Å²) >= 11 is 0. The van der Waals surface area contributed by atoms with E-state index in [0.29, 0.717) is 36.7 Å². The van der Waals surface area contributed by atoms with Gasteiger partial charge in [-0.2, -0.15) is 0 Å². The van der Waals surface area contributed by atoms with Gasteiger partial charge in [0.2, 0.25) is 0 Å². The molecular formula is C35H30O4. The zero-order valence-electron chi connectivity index (χ0n) is 21.7. The standard InChI is InChI=1S/C35H30O4/c36-35(39-26-30-19-11-4-12-20-30)32-23-33(37-24-28-15-7-2-8-16-28)31(21-27-13-5-1-6-14-27)22-34(32)38-25-29-17-9-3-10-18-29/h1-20,22-23H,21,24-26H2. The van der Waals surface area contributed by atoms with Gasteiger partial charge in [0.15, 0.2) is 0 Å². The summed E-state index contributed by atoms with van der Waals surface area (Å²) in [5.41, 5.74) is 5.37. The first-order valence-electron chi connectivity index (χ1n) is 13.0. The highest BCUT2D eigenvalue weighted by atomic mass is 16.5. The van der Waals surface area contributed by atoms with E-state index in [1.807, 2.05) is 115 Å². The Balaban J connectivity index is 1.48. The fraction of sp³-hybridized carbons (Fsp3) is 0.114. The minimum absolute atomic E-state index is 0.170. The first kappa shape index (κ1) is 25.8. The van der Waals surface area contributed by atoms with Gasteiger partial charge in [0.25, 0.3) is 0 Å². The Morgan fingerprint density at radius 2 is 0.923 bits per heavy atom. The van der Waals surface area contributed by atoms with Crippen LogP contribution in [-0.2, 0) is 31.0 Å². The highest BCUT2D eigenvalue weighted by Crippen LogP contribution is 2.33. The van der Waals surface area contributed by atoms with Gasteiger partial charge in [-0.05, 0) is 34.4 Å². The molecule has 0 fully saturated rings. The van der Waals surface area contributed by atoms with E-state index in [0.717, 1.165) is 27.8 Å². The second-order valence-corrected chi connectivity index (χ2v) is 9.23. The first-order chi connectivity index (χ1) is 19.2. The summed E-state index contributed by atoms with van der Waals surface area (Å²) in [6, 6.07) is 43.4. The van der Waals surface area contributed by atoms with Crippen LogP contribution in [0.3, 0.4) is 0 Å². The molecule has 0 N–H and O–H groups in total. The Kier molecular flexibility index (Phi) is 8.67. The predicted octanol–water partition coefficient (Wildman–Crippen LogP) is 7.79. The summed E-state index contributed by atoms with van der Waals surface area (Å²) in [5.74, 6) is 0.633. The maximum Gasteiger partial charge on any atom is 0.342 e. The number of carbonyl (C=O) groups excluding carboxylic acids is 1. The highest BCUT2D eigenvalue weighted by molar-refractivity contribution is 5.93. The Hall–Kier alpha value is -4.83. The molecule has 39 heavy (non-hydrogen) atoms. The van der Waals surface area contributed by atoms with Crippen LogP contribution in [0.4, 0.5) is 0 Å². The van der Waals surface area contributed by atoms with Crippen LogP contribution in [0.1, 0.15) is 38.2 Å². The number of rotatable bonds is 11. The minimum atomic E-state index is -0.460. The van der Waals surface area contributed by atoms with Gasteiger partial charge < -0.3 is 14.2 Å². The average Bonchev–Trinajstić information content (AvgIpc) is 3.00. The van der Waals surface area contributed by atoms with Crippen LogP contribution >= 0.6 is 0 Å². The molecule has 0 aromatic heterocycles. The third kappa shape index (κ3) is 7.36. The van der Waals surface area contributed by atoms with Crippen LogP contribution in [0, 0.1) is 0 Å². The zero-order chi connectivity index (χ0) is 26.7. The number of hydrogen-bond donors (Lipinski definition) is 0. The largest absolute Gasteiger partial charge is 0.489 e. The molecule has 4 nitrogen and oxygen atoms in total. The van der Waals surface area contributed by atoms with Gasteiger partial charge in [-0.25, -0.2) is 4.79 Å². The highest BCUT2D eigenvalue weighted by Gasteiger charge is 2.20. The smallest absolute Gasteiger partial charge is 0.342 e. The monoisotopic (exact) mass is 514 g/mol. The lowest BCUT2D eigenvalue weighted by Gasteiger charge is -2.18. The Labute approximate surface area is 229 Å². The molecule has 0 aliphatic carbocycles. The number of esters is 1. The van der Waals surface area contributed by atoms with Crippen molar-refractivity contribution >= 4 is 5.97 Å². The molecule has 0 atom stereocenters. The lowest BCUT2D eigenvalue weighted by atomic mass is 10.0. The predicted molar refractivity (Wildman–Crippen MR) is 153 cm³/mol. The van der Waals surface area contributed by atoms with Gasteiger partial charge >= 0.3 is 5.97 Å². The number of carbonyl (C=O) groups is 1. The van der Waals surface area contributed by atoms with Crippen molar-refractivity contribution in [1.29, 1.82) is 0 Å². The molecule has 5 aromatic carbocycles. The average molecular weight is 515 g/mol. The molecule has 194 valence electrons. The van der Waals surface area contributed by atoms with Gasteiger partial charge in [0.1, 0.15) is 36.9 Å². The van der Waals surface area contributed by atoms with Crippen LogP contribution in [0.25, 0.3) is 0 Å². The van der Waals surface area contributed by atoms with Crippen molar-refractivity contribution in [3.8, 4) is 11.5 Å². The quantitative estimate of drug-likeness (QED) is 0.169. The van der Waals surface area contributed by atoms with E-state index in [2.05, 4.69) is 12.1 Å². The van der Waals surface area contributed by atoms with Crippen molar-refractivity contribution < 1.29 is 19.0 Å². The molecule has 0 radical (unpaired) electrons. The van der Waals surface area contributed by atoms with Crippen molar-refractivity contribution in [3.63, 3.8) is 0 Å². The second kappa shape index (κ2) is 13.1. The van der Waals surface area contributed by atoms with Crippen LogP contribution < -0.4 is 9.47 Å². The van der Waals surface area contributed by atoms with Crippen molar-refractivity contribution in [3.05, 3.63) is 167 Å². The molecule has 0 bridgehead atoms. The van der Waals surface area contributed by atoms with E-state index < -0.39 is 5.97 Å². The number of hydrogen-bond acceptors (Lipinski definition) is 4. The lowest BCUT2D eigenvalue weighted by Crippen LogP contribution is -2.10. The van der Waals surface area contributed by atoms with E-state index in [9.17, 15) is 4.79 Å². The van der Waals surface area contributed by atoms with E-state index >= 15 is 0 Å². The first-order valence-corrected chi connectivity index (χ1v) is 13.0. The van der Waals surface area contributed by atoms with Crippen molar-refractivity contribution in [1.82, 2.24) is 0 Å². The Bertz CT molecular complexity index is 1470.